The number of aryl methyl sites for hydroxylation is 1. The fourth-order valence-electron chi connectivity index (χ4n) is 3.69. The van der Waals surface area contributed by atoms with Crippen molar-refractivity contribution in [3.05, 3.63) is 29.8 Å². The van der Waals surface area contributed by atoms with Gasteiger partial charge in [0.1, 0.15) is 5.75 Å². The van der Waals surface area contributed by atoms with E-state index < -0.39 is 6.10 Å². The summed E-state index contributed by atoms with van der Waals surface area (Å²) >= 11 is 0. The minimum Gasteiger partial charge on any atom is -0.481 e. The van der Waals surface area contributed by atoms with Crippen LogP contribution in [-0.4, -0.2) is 29.1 Å². The van der Waals surface area contributed by atoms with Crippen LogP contribution in [0.25, 0.3) is 0 Å². The van der Waals surface area contributed by atoms with Gasteiger partial charge in [0.2, 0.25) is 0 Å². The normalized spacial score (nSPS) is 21.5. The molecule has 1 amide bonds. The fourth-order valence-corrected chi connectivity index (χ4v) is 3.69. The molecule has 1 aromatic carbocycles. The van der Waals surface area contributed by atoms with Crippen LogP contribution >= 0.6 is 0 Å². The number of carbonyl (C=O) groups is 1. The third-order valence-corrected chi connectivity index (χ3v) is 4.21. The molecule has 128 valence electrons. The van der Waals surface area contributed by atoms with E-state index in [9.17, 15) is 4.79 Å². The number of nitrogens with one attached hydrogen (secondary N) is 2. The van der Waals surface area contributed by atoms with Gasteiger partial charge >= 0.3 is 0 Å². The van der Waals surface area contributed by atoms with Crippen LogP contribution in [0.1, 0.15) is 53.0 Å². The predicted molar refractivity (Wildman–Crippen MR) is 93.7 cm³/mol. The summed E-state index contributed by atoms with van der Waals surface area (Å²) in [7, 11) is 0. The first kappa shape index (κ1) is 17.8. The van der Waals surface area contributed by atoms with Crippen LogP contribution < -0.4 is 15.4 Å². The molecule has 0 bridgehead atoms. The number of ether oxygens (including phenoxy) is 1. The molecular weight excluding hydrogens is 288 g/mol. The number of carbonyl (C=O) groups excluding carboxylic acids is 1. The molecule has 1 atom stereocenters. The number of benzene rings is 1. The van der Waals surface area contributed by atoms with Crippen molar-refractivity contribution in [2.24, 2.45) is 0 Å². The lowest BCUT2D eigenvalue weighted by Gasteiger charge is -2.46. The van der Waals surface area contributed by atoms with E-state index in [1.807, 2.05) is 31.2 Å². The van der Waals surface area contributed by atoms with E-state index in [1.165, 1.54) is 0 Å². The quantitative estimate of drug-likeness (QED) is 0.896. The Morgan fingerprint density at radius 1 is 1.26 bits per heavy atom. The zero-order valence-electron chi connectivity index (χ0n) is 15.2. The van der Waals surface area contributed by atoms with Crippen LogP contribution in [0.3, 0.4) is 0 Å². The topological polar surface area (TPSA) is 50.4 Å². The van der Waals surface area contributed by atoms with Gasteiger partial charge in [-0.05, 0) is 72.1 Å². The van der Waals surface area contributed by atoms with Gasteiger partial charge in [-0.3, -0.25) is 4.79 Å². The molecular formula is C19H30N2O2. The zero-order valence-corrected chi connectivity index (χ0v) is 15.2. The Bertz CT molecular complexity index is 550. The smallest absolute Gasteiger partial charge is 0.260 e. The van der Waals surface area contributed by atoms with Crippen LogP contribution in [0.4, 0.5) is 0 Å². The minimum absolute atomic E-state index is 0.0142. The maximum atomic E-state index is 12.5. The Hall–Kier alpha value is -1.55. The number of hydrogen-bond donors (Lipinski definition) is 2. The Kier molecular flexibility index (Phi) is 5.04. The molecule has 0 unspecified atom stereocenters. The predicted octanol–water partition coefficient (Wildman–Crippen LogP) is 3.19. The molecule has 23 heavy (non-hydrogen) atoms. The van der Waals surface area contributed by atoms with Crippen molar-refractivity contribution < 1.29 is 9.53 Å². The summed E-state index contributed by atoms with van der Waals surface area (Å²) in [5, 5.41) is 6.79. The number of hydrogen-bond acceptors (Lipinski definition) is 3. The molecule has 1 fully saturated rings. The van der Waals surface area contributed by atoms with E-state index in [1.54, 1.807) is 6.92 Å². The molecule has 1 aliphatic heterocycles. The van der Waals surface area contributed by atoms with Crippen LogP contribution in [0.2, 0.25) is 0 Å². The maximum Gasteiger partial charge on any atom is 0.260 e. The molecule has 0 saturated carbocycles. The first-order chi connectivity index (χ1) is 10.6. The molecule has 0 radical (unpaired) electrons. The first-order valence-electron chi connectivity index (χ1n) is 8.39. The Labute approximate surface area is 140 Å². The highest BCUT2D eigenvalue weighted by atomic mass is 16.5. The van der Waals surface area contributed by atoms with E-state index in [-0.39, 0.29) is 23.0 Å². The van der Waals surface area contributed by atoms with Gasteiger partial charge < -0.3 is 15.4 Å². The number of piperidine rings is 1. The van der Waals surface area contributed by atoms with Gasteiger partial charge in [-0.1, -0.05) is 12.1 Å². The molecule has 1 aliphatic rings. The molecule has 4 heteroatoms. The maximum absolute atomic E-state index is 12.5. The van der Waals surface area contributed by atoms with Gasteiger partial charge in [-0.15, -0.1) is 0 Å². The second-order valence-electron chi connectivity index (χ2n) is 8.08. The summed E-state index contributed by atoms with van der Waals surface area (Å²) in [6.07, 6.45) is 1.33. The summed E-state index contributed by atoms with van der Waals surface area (Å²) in [5.41, 5.74) is 1.15. The van der Waals surface area contributed by atoms with Gasteiger partial charge in [0, 0.05) is 17.1 Å². The van der Waals surface area contributed by atoms with Crippen molar-refractivity contribution in [3.63, 3.8) is 0 Å². The van der Waals surface area contributed by atoms with Crippen LogP contribution in [0.15, 0.2) is 24.3 Å². The highest BCUT2D eigenvalue weighted by Gasteiger charge is 2.38. The molecule has 1 aromatic rings. The van der Waals surface area contributed by atoms with Crippen LogP contribution in [-0.2, 0) is 4.79 Å². The van der Waals surface area contributed by atoms with Crippen molar-refractivity contribution in [2.45, 2.75) is 77.6 Å². The number of amides is 1. The van der Waals surface area contributed by atoms with Crippen LogP contribution in [0, 0.1) is 6.92 Å². The van der Waals surface area contributed by atoms with Crippen molar-refractivity contribution in [1.82, 2.24) is 10.6 Å². The summed E-state index contributed by atoms with van der Waals surface area (Å²) in [5.74, 6) is 0.684. The Balaban J connectivity index is 1.95. The van der Waals surface area contributed by atoms with Gasteiger partial charge in [0.05, 0.1) is 0 Å². The van der Waals surface area contributed by atoms with Gasteiger partial charge in [0.25, 0.3) is 5.91 Å². The van der Waals surface area contributed by atoms with Gasteiger partial charge in [-0.25, -0.2) is 0 Å². The molecule has 4 nitrogen and oxygen atoms in total. The summed E-state index contributed by atoms with van der Waals surface area (Å²) in [6.45, 7) is 12.5. The van der Waals surface area contributed by atoms with Crippen molar-refractivity contribution in [3.8, 4) is 5.75 Å². The molecule has 0 aromatic heterocycles. The Morgan fingerprint density at radius 3 is 2.43 bits per heavy atom. The van der Waals surface area contributed by atoms with E-state index in [2.05, 4.69) is 38.3 Å². The average molecular weight is 318 g/mol. The van der Waals surface area contributed by atoms with Crippen molar-refractivity contribution >= 4 is 5.91 Å². The Morgan fingerprint density at radius 2 is 1.87 bits per heavy atom. The summed E-state index contributed by atoms with van der Waals surface area (Å²) in [6, 6.07) is 7.94. The largest absolute Gasteiger partial charge is 0.481 e. The third-order valence-electron chi connectivity index (χ3n) is 4.21. The third kappa shape index (κ3) is 5.24. The van der Waals surface area contributed by atoms with E-state index in [0.29, 0.717) is 0 Å². The fraction of sp³-hybridized carbons (Fsp3) is 0.632. The van der Waals surface area contributed by atoms with E-state index >= 15 is 0 Å². The molecule has 1 heterocycles. The van der Waals surface area contributed by atoms with E-state index in [4.69, 9.17) is 4.74 Å². The highest BCUT2D eigenvalue weighted by Crippen LogP contribution is 2.28. The van der Waals surface area contributed by atoms with E-state index in [0.717, 1.165) is 24.2 Å². The number of rotatable bonds is 4. The molecule has 1 saturated heterocycles. The molecule has 0 spiro atoms. The second-order valence-corrected chi connectivity index (χ2v) is 8.08. The summed E-state index contributed by atoms with van der Waals surface area (Å²) in [4.78, 5) is 12.5. The minimum atomic E-state index is -0.502. The first-order valence-corrected chi connectivity index (χ1v) is 8.39. The SMILES string of the molecule is Cc1cccc(O[C@H](C)C(=O)NC2CC(C)(C)NC(C)(C)C2)c1. The lowest BCUT2D eigenvalue weighted by atomic mass is 9.79. The van der Waals surface area contributed by atoms with Crippen LogP contribution in [0.5, 0.6) is 5.75 Å². The molecule has 0 aliphatic carbocycles. The standard InChI is InChI=1S/C19H30N2O2/c1-13-8-7-9-16(10-13)23-14(2)17(22)20-15-11-18(3,4)21-19(5,6)12-15/h7-10,14-15,21H,11-12H2,1-6H3,(H,20,22)/t14-/m1/s1. The molecule has 2 N–H and O–H groups in total. The van der Waals surface area contributed by atoms with Gasteiger partial charge in [0.15, 0.2) is 6.10 Å². The van der Waals surface area contributed by atoms with Crippen molar-refractivity contribution in [2.75, 3.05) is 0 Å². The second kappa shape index (κ2) is 6.52. The monoisotopic (exact) mass is 318 g/mol. The zero-order chi connectivity index (χ0) is 17.3. The molecule has 2 rings (SSSR count). The lowest BCUT2D eigenvalue weighted by molar-refractivity contribution is -0.128. The van der Waals surface area contributed by atoms with Gasteiger partial charge in [-0.2, -0.15) is 0 Å². The van der Waals surface area contributed by atoms with Crippen molar-refractivity contribution in [1.29, 1.82) is 0 Å². The lowest BCUT2D eigenvalue weighted by Crippen LogP contribution is -2.62. The average Bonchev–Trinajstić information content (AvgIpc) is 2.34. The summed E-state index contributed by atoms with van der Waals surface area (Å²) < 4.78 is 5.77. The highest BCUT2D eigenvalue weighted by molar-refractivity contribution is 5.81.